The van der Waals surface area contributed by atoms with Crippen LogP contribution in [-0.4, -0.2) is 40.4 Å². The second-order valence-electron chi connectivity index (χ2n) is 6.45. The van der Waals surface area contributed by atoms with Crippen molar-refractivity contribution in [1.82, 2.24) is 4.90 Å². The number of hydrogen-bond donors (Lipinski definition) is 2. The number of carboxylic acids is 2. The number of amides is 1. The lowest BCUT2D eigenvalue weighted by molar-refractivity contribution is -0.305. The molecule has 0 fully saturated rings. The smallest absolute Gasteiger partial charge is 0.335 e. The summed E-state index contributed by atoms with van der Waals surface area (Å²) >= 11 is 0. The highest BCUT2D eigenvalue weighted by Crippen LogP contribution is 2.26. The Labute approximate surface area is 168 Å². The molecule has 0 radical (unpaired) electrons. The van der Waals surface area contributed by atoms with Gasteiger partial charge in [0.25, 0.3) is 0 Å². The number of nitrogens with zero attached hydrogens (tertiary/aromatic N) is 1. The van der Waals surface area contributed by atoms with Gasteiger partial charge in [-0.15, -0.1) is 12.4 Å². The predicted molar refractivity (Wildman–Crippen MR) is 103 cm³/mol. The van der Waals surface area contributed by atoms with E-state index in [1.54, 1.807) is 11.0 Å². The van der Waals surface area contributed by atoms with Gasteiger partial charge in [0.05, 0.1) is 5.56 Å². The van der Waals surface area contributed by atoms with Crippen LogP contribution in [0.1, 0.15) is 27.9 Å². The van der Waals surface area contributed by atoms with Crippen LogP contribution in [0.5, 0.6) is 0 Å². The minimum absolute atomic E-state index is 0. The van der Waals surface area contributed by atoms with Gasteiger partial charge in [0.2, 0.25) is 5.91 Å². The van der Waals surface area contributed by atoms with Gasteiger partial charge in [-0.3, -0.25) is 4.79 Å². The molecule has 0 spiro atoms. The standard InChI is InChI=1S/C20H20N2O5.ClH/c23-18(24)11-17-19(25)22(9-8-13-4-2-1-3-5-13)12-15-7-6-14(20(26)27)10-16(15)21-17;/h1-7,10,17,21H,8-9,11-12H2,(H,23,24)(H,26,27);1H/p-1. The highest BCUT2D eigenvalue weighted by Gasteiger charge is 2.29. The van der Waals surface area contributed by atoms with Gasteiger partial charge in [-0.1, -0.05) is 36.4 Å². The number of fused-ring (bicyclic) bond motifs is 1. The Bertz CT molecular complexity index is 872. The maximum absolute atomic E-state index is 12.8. The van der Waals surface area contributed by atoms with Crippen LogP contribution in [0.2, 0.25) is 0 Å². The second kappa shape index (κ2) is 9.23. The van der Waals surface area contributed by atoms with E-state index < -0.39 is 24.4 Å². The predicted octanol–water partition coefficient (Wildman–Crippen LogP) is 1.31. The van der Waals surface area contributed by atoms with Crippen LogP contribution in [0.25, 0.3) is 0 Å². The Hall–Kier alpha value is -3.06. The van der Waals surface area contributed by atoms with Gasteiger partial charge in [0.1, 0.15) is 6.04 Å². The molecule has 1 atom stereocenters. The highest BCUT2D eigenvalue weighted by atomic mass is 35.5. The van der Waals surface area contributed by atoms with Crippen LogP contribution < -0.4 is 10.4 Å². The van der Waals surface area contributed by atoms with Gasteiger partial charge in [0, 0.05) is 31.2 Å². The van der Waals surface area contributed by atoms with Gasteiger partial charge in [0.15, 0.2) is 0 Å². The highest BCUT2D eigenvalue weighted by molar-refractivity contribution is 5.92. The van der Waals surface area contributed by atoms with Crippen molar-refractivity contribution in [2.75, 3.05) is 11.9 Å². The SMILES string of the molecule is Cl.O=C([O-])CC1Nc2cc(C(=O)O)ccc2CN(CCc2ccccc2)C1=O. The molecule has 0 aromatic heterocycles. The summed E-state index contributed by atoms with van der Waals surface area (Å²) < 4.78 is 0. The molecule has 1 heterocycles. The van der Waals surface area contributed by atoms with Crippen molar-refractivity contribution in [1.29, 1.82) is 0 Å². The molecule has 0 saturated heterocycles. The van der Waals surface area contributed by atoms with Crippen LogP contribution in [-0.2, 0) is 22.6 Å². The van der Waals surface area contributed by atoms with E-state index >= 15 is 0 Å². The lowest BCUT2D eigenvalue weighted by Crippen LogP contribution is -2.44. The van der Waals surface area contributed by atoms with E-state index in [0.29, 0.717) is 18.7 Å². The fourth-order valence-corrected chi connectivity index (χ4v) is 3.14. The van der Waals surface area contributed by atoms with Crippen molar-refractivity contribution in [2.45, 2.75) is 25.4 Å². The molecule has 2 aromatic carbocycles. The minimum Gasteiger partial charge on any atom is -0.550 e. The fourth-order valence-electron chi connectivity index (χ4n) is 3.14. The van der Waals surface area contributed by atoms with Gasteiger partial charge in [-0.05, 0) is 29.7 Å². The summed E-state index contributed by atoms with van der Waals surface area (Å²) in [6.07, 6.45) is 0.143. The number of hydrogen-bond acceptors (Lipinski definition) is 5. The van der Waals surface area contributed by atoms with Crippen molar-refractivity contribution >= 4 is 35.9 Å². The molecule has 0 aliphatic carbocycles. The topological polar surface area (TPSA) is 110 Å². The Balaban J connectivity index is 0.00000280. The van der Waals surface area contributed by atoms with Gasteiger partial charge in [-0.2, -0.15) is 0 Å². The van der Waals surface area contributed by atoms with Crippen LogP contribution in [0.3, 0.4) is 0 Å². The summed E-state index contributed by atoms with van der Waals surface area (Å²) in [5, 5.41) is 23.1. The molecule has 1 aliphatic heterocycles. The first-order chi connectivity index (χ1) is 12.9. The van der Waals surface area contributed by atoms with E-state index in [1.165, 1.54) is 12.1 Å². The van der Waals surface area contributed by atoms with Crippen molar-refractivity contribution in [3.63, 3.8) is 0 Å². The quantitative estimate of drug-likeness (QED) is 0.752. The third-order valence-corrected chi connectivity index (χ3v) is 4.54. The molecule has 0 saturated carbocycles. The van der Waals surface area contributed by atoms with Crippen molar-refractivity contribution in [3.8, 4) is 0 Å². The first-order valence-electron chi connectivity index (χ1n) is 8.59. The van der Waals surface area contributed by atoms with E-state index in [1.807, 2.05) is 30.3 Å². The molecular formula is C20H20ClN2O5-. The summed E-state index contributed by atoms with van der Waals surface area (Å²) in [5.74, 6) is -2.78. The fraction of sp³-hybridized carbons (Fsp3) is 0.250. The molecule has 7 nitrogen and oxygen atoms in total. The Morgan fingerprint density at radius 2 is 1.89 bits per heavy atom. The molecule has 2 aromatic rings. The Kier molecular flexibility index (Phi) is 7.00. The summed E-state index contributed by atoms with van der Waals surface area (Å²) in [6, 6.07) is 13.2. The van der Waals surface area contributed by atoms with Gasteiger partial charge in [-0.25, -0.2) is 4.79 Å². The maximum Gasteiger partial charge on any atom is 0.335 e. The minimum atomic E-state index is -1.35. The van der Waals surface area contributed by atoms with Crippen molar-refractivity contribution in [3.05, 3.63) is 65.2 Å². The summed E-state index contributed by atoms with van der Waals surface area (Å²) in [6.45, 7) is 0.700. The summed E-state index contributed by atoms with van der Waals surface area (Å²) in [4.78, 5) is 36.7. The number of aromatic carboxylic acids is 1. The molecule has 1 amide bonds. The van der Waals surface area contributed by atoms with Crippen LogP contribution in [0.4, 0.5) is 5.69 Å². The molecule has 148 valence electrons. The van der Waals surface area contributed by atoms with Gasteiger partial charge >= 0.3 is 5.97 Å². The zero-order valence-corrected chi connectivity index (χ0v) is 15.8. The normalized spacial score (nSPS) is 15.6. The second-order valence-corrected chi connectivity index (χ2v) is 6.45. The average Bonchev–Trinajstić information content (AvgIpc) is 2.77. The Morgan fingerprint density at radius 1 is 1.18 bits per heavy atom. The Morgan fingerprint density at radius 3 is 2.54 bits per heavy atom. The molecular weight excluding hydrogens is 384 g/mol. The number of benzene rings is 2. The lowest BCUT2D eigenvalue weighted by atomic mass is 10.1. The lowest BCUT2D eigenvalue weighted by Gasteiger charge is -2.25. The van der Waals surface area contributed by atoms with E-state index in [2.05, 4.69) is 5.32 Å². The molecule has 8 heteroatoms. The molecule has 3 rings (SSSR count). The number of nitrogens with one attached hydrogen (secondary N) is 1. The van der Waals surface area contributed by atoms with Crippen LogP contribution in [0.15, 0.2) is 48.5 Å². The van der Waals surface area contributed by atoms with Gasteiger partial charge < -0.3 is 25.2 Å². The molecule has 2 N–H and O–H groups in total. The maximum atomic E-state index is 12.8. The first-order valence-corrected chi connectivity index (χ1v) is 8.59. The van der Waals surface area contributed by atoms with E-state index in [-0.39, 0.29) is 30.4 Å². The van der Waals surface area contributed by atoms with Crippen molar-refractivity contribution < 1.29 is 24.6 Å². The largest absolute Gasteiger partial charge is 0.550 e. The first kappa shape index (κ1) is 21.2. The molecule has 1 unspecified atom stereocenters. The molecule has 1 aliphatic rings. The number of anilines is 1. The monoisotopic (exact) mass is 403 g/mol. The number of carbonyl (C=O) groups excluding carboxylic acids is 2. The van der Waals surface area contributed by atoms with Crippen LogP contribution in [0, 0.1) is 0 Å². The van der Waals surface area contributed by atoms with E-state index in [9.17, 15) is 24.6 Å². The van der Waals surface area contributed by atoms with Crippen LogP contribution >= 0.6 is 12.4 Å². The number of carboxylic acid groups (broad SMARTS) is 2. The zero-order valence-electron chi connectivity index (χ0n) is 15.0. The average molecular weight is 404 g/mol. The number of rotatable bonds is 6. The summed E-state index contributed by atoms with van der Waals surface area (Å²) in [7, 11) is 0. The van der Waals surface area contributed by atoms with E-state index in [4.69, 9.17) is 0 Å². The zero-order chi connectivity index (χ0) is 19.4. The number of carbonyl (C=O) groups is 3. The molecule has 28 heavy (non-hydrogen) atoms. The number of halogens is 1. The number of aliphatic carboxylic acids is 1. The van der Waals surface area contributed by atoms with E-state index in [0.717, 1.165) is 11.1 Å². The summed E-state index contributed by atoms with van der Waals surface area (Å²) in [5.41, 5.74) is 2.33. The van der Waals surface area contributed by atoms with Crippen molar-refractivity contribution in [2.24, 2.45) is 0 Å². The third kappa shape index (κ3) is 5.01. The third-order valence-electron chi connectivity index (χ3n) is 4.54. The molecule has 0 bridgehead atoms.